The molecule has 0 aliphatic heterocycles. The number of anilines is 2. The van der Waals surface area contributed by atoms with Gasteiger partial charge >= 0.3 is 0 Å². The standard InChI is InChI=1S/C27H30N4O5/c1-3-36-23-13-9-21(10-14-23)31(19-26(33)29-18-20-7-11-22(35-2)12-8-20)27(34)16-15-25(32)30-24-6-4-5-17-28-24/h4-14,17H,3,15-16,18-19H2,1-2H3,(H,29,33)(H,28,30,32). The molecule has 9 nitrogen and oxygen atoms in total. The van der Waals surface area contributed by atoms with E-state index in [-0.39, 0.29) is 37.1 Å². The maximum Gasteiger partial charge on any atom is 0.240 e. The highest BCUT2D eigenvalue weighted by molar-refractivity contribution is 6.01. The van der Waals surface area contributed by atoms with Gasteiger partial charge in [0.05, 0.1) is 13.7 Å². The Hall–Kier alpha value is -4.40. The van der Waals surface area contributed by atoms with Gasteiger partial charge in [-0.25, -0.2) is 4.98 Å². The number of rotatable bonds is 12. The van der Waals surface area contributed by atoms with Crippen LogP contribution in [0.5, 0.6) is 11.5 Å². The number of carbonyl (C=O) groups is 3. The molecule has 0 aliphatic carbocycles. The summed E-state index contributed by atoms with van der Waals surface area (Å²) >= 11 is 0. The van der Waals surface area contributed by atoms with Crippen LogP contribution in [0.3, 0.4) is 0 Å². The lowest BCUT2D eigenvalue weighted by atomic mass is 10.2. The zero-order valence-corrected chi connectivity index (χ0v) is 20.4. The van der Waals surface area contributed by atoms with Crippen LogP contribution in [0.15, 0.2) is 72.9 Å². The number of pyridine rings is 1. The van der Waals surface area contributed by atoms with E-state index < -0.39 is 0 Å². The average molecular weight is 491 g/mol. The minimum atomic E-state index is -0.352. The molecule has 3 amide bonds. The van der Waals surface area contributed by atoms with E-state index in [1.165, 1.54) is 4.90 Å². The molecule has 0 atom stereocenters. The van der Waals surface area contributed by atoms with Crippen LogP contribution in [0.25, 0.3) is 0 Å². The Morgan fingerprint density at radius 1 is 0.889 bits per heavy atom. The molecule has 188 valence electrons. The van der Waals surface area contributed by atoms with Crippen molar-refractivity contribution in [3.63, 3.8) is 0 Å². The van der Waals surface area contributed by atoms with Crippen molar-refractivity contribution in [1.29, 1.82) is 0 Å². The molecule has 0 unspecified atom stereocenters. The van der Waals surface area contributed by atoms with E-state index in [1.807, 2.05) is 31.2 Å². The molecule has 1 heterocycles. The van der Waals surface area contributed by atoms with Crippen LogP contribution in [-0.2, 0) is 20.9 Å². The summed E-state index contributed by atoms with van der Waals surface area (Å²) in [6, 6.07) is 19.4. The number of amides is 3. The molecule has 9 heteroatoms. The minimum Gasteiger partial charge on any atom is -0.497 e. The van der Waals surface area contributed by atoms with Gasteiger partial charge in [0.15, 0.2) is 0 Å². The highest BCUT2D eigenvalue weighted by Gasteiger charge is 2.20. The molecule has 3 aromatic rings. The fourth-order valence-corrected chi connectivity index (χ4v) is 3.35. The zero-order chi connectivity index (χ0) is 25.8. The summed E-state index contributed by atoms with van der Waals surface area (Å²) < 4.78 is 10.6. The number of methoxy groups -OCH3 is 1. The molecule has 2 aromatic carbocycles. The molecular weight excluding hydrogens is 460 g/mol. The van der Waals surface area contributed by atoms with E-state index in [0.717, 1.165) is 11.3 Å². The number of ether oxygens (including phenoxy) is 2. The highest BCUT2D eigenvalue weighted by atomic mass is 16.5. The van der Waals surface area contributed by atoms with Gasteiger partial charge in [-0.15, -0.1) is 0 Å². The van der Waals surface area contributed by atoms with Crippen LogP contribution in [-0.4, -0.2) is 43.0 Å². The third-order valence-electron chi connectivity index (χ3n) is 5.21. The molecule has 3 rings (SSSR count). The normalized spacial score (nSPS) is 10.3. The van der Waals surface area contributed by atoms with Gasteiger partial charge in [-0.1, -0.05) is 18.2 Å². The average Bonchev–Trinajstić information content (AvgIpc) is 2.91. The summed E-state index contributed by atoms with van der Waals surface area (Å²) in [5.74, 6) is 0.784. The van der Waals surface area contributed by atoms with Crippen LogP contribution >= 0.6 is 0 Å². The Balaban J connectivity index is 1.63. The van der Waals surface area contributed by atoms with Gasteiger partial charge < -0.3 is 25.0 Å². The van der Waals surface area contributed by atoms with Crippen molar-refractivity contribution in [2.24, 2.45) is 0 Å². The summed E-state index contributed by atoms with van der Waals surface area (Å²) in [6.07, 6.45) is 1.45. The third kappa shape index (κ3) is 8.12. The number of hydrogen-bond donors (Lipinski definition) is 2. The van der Waals surface area contributed by atoms with Crippen LogP contribution < -0.4 is 25.0 Å². The summed E-state index contributed by atoms with van der Waals surface area (Å²) in [6.45, 7) is 2.51. The van der Waals surface area contributed by atoms with Crippen LogP contribution in [0, 0.1) is 0 Å². The summed E-state index contributed by atoms with van der Waals surface area (Å²) in [5, 5.41) is 5.49. The molecule has 0 saturated heterocycles. The molecule has 0 aliphatic rings. The molecular formula is C27H30N4O5. The monoisotopic (exact) mass is 490 g/mol. The Bertz CT molecular complexity index is 1140. The van der Waals surface area contributed by atoms with Crippen molar-refractivity contribution in [1.82, 2.24) is 10.3 Å². The first-order valence-corrected chi connectivity index (χ1v) is 11.6. The predicted molar refractivity (Wildman–Crippen MR) is 137 cm³/mol. The van der Waals surface area contributed by atoms with Crippen molar-refractivity contribution in [2.45, 2.75) is 26.3 Å². The lowest BCUT2D eigenvalue weighted by molar-refractivity contribution is -0.125. The van der Waals surface area contributed by atoms with E-state index in [9.17, 15) is 14.4 Å². The summed E-state index contributed by atoms with van der Waals surface area (Å²) in [4.78, 5) is 43.5. The van der Waals surface area contributed by atoms with E-state index in [4.69, 9.17) is 9.47 Å². The van der Waals surface area contributed by atoms with E-state index in [0.29, 0.717) is 30.4 Å². The maximum atomic E-state index is 13.1. The number of hydrogen-bond acceptors (Lipinski definition) is 6. The number of nitrogens with zero attached hydrogens (tertiary/aromatic N) is 2. The van der Waals surface area contributed by atoms with Gasteiger partial charge in [-0.05, 0) is 61.0 Å². The summed E-state index contributed by atoms with van der Waals surface area (Å²) in [7, 11) is 1.59. The molecule has 0 spiro atoms. The second-order valence-electron chi connectivity index (χ2n) is 7.79. The lowest BCUT2D eigenvalue weighted by Gasteiger charge is -2.23. The van der Waals surface area contributed by atoms with E-state index >= 15 is 0 Å². The van der Waals surface area contributed by atoms with Crippen LogP contribution in [0.4, 0.5) is 11.5 Å². The first kappa shape index (κ1) is 26.2. The maximum absolute atomic E-state index is 13.1. The lowest BCUT2D eigenvalue weighted by Crippen LogP contribution is -2.41. The van der Waals surface area contributed by atoms with Gasteiger partial charge in [-0.3, -0.25) is 14.4 Å². The Morgan fingerprint density at radius 2 is 1.61 bits per heavy atom. The Labute approximate surface area is 210 Å². The predicted octanol–water partition coefficient (Wildman–Crippen LogP) is 3.56. The number of aromatic nitrogens is 1. The highest BCUT2D eigenvalue weighted by Crippen LogP contribution is 2.21. The fraction of sp³-hybridized carbons (Fsp3) is 0.259. The fourth-order valence-electron chi connectivity index (χ4n) is 3.35. The second-order valence-corrected chi connectivity index (χ2v) is 7.79. The van der Waals surface area contributed by atoms with Crippen molar-refractivity contribution in [2.75, 3.05) is 30.5 Å². The molecule has 0 fully saturated rings. The molecule has 2 N–H and O–H groups in total. The smallest absolute Gasteiger partial charge is 0.240 e. The minimum absolute atomic E-state index is 0.0452. The van der Waals surface area contributed by atoms with Gasteiger partial charge in [0, 0.05) is 31.3 Å². The quantitative estimate of drug-likeness (QED) is 0.402. The van der Waals surface area contributed by atoms with Gasteiger partial charge in [0.1, 0.15) is 23.9 Å². The second kappa shape index (κ2) is 13.5. The van der Waals surface area contributed by atoms with Crippen LogP contribution in [0.2, 0.25) is 0 Å². The van der Waals surface area contributed by atoms with Crippen molar-refractivity contribution in [3.8, 4) is 11.5 Å². The topological polar surface area (TPSA) is 110 Å². The zero-order valence-electron chi connectivity index (χ0n) is 20.4. The van der Waals surface area contributed by atoms with Crippen LogP contribution in [0.1, 0.15) is 25.3 Å². The molecule has 36 heavy (non-hydrogen) atoms. The first-order chi connectivity index (χ1) is 17.5. The van der Waals surface area contributed by atoms with E-state index in [1.54, 1.807) is 55.8 Å². The number of nitrogens with one attached hydrogen (secondary N) is 2. The SMILES string of the molecule is CCOc1ccc(N(CC(=O)NCc2ccc(OC)cc2)C(=O)CCC(=O)Nc2ccccn2)cc1. The molecule has 0 radical (unpaired) electrons. The molecule has 0 bridgehead atoms. The largest absolute Gasteiger partial charge is 0.497 e. The van der Waals surface area contributed by atoms with Gasteiger partial charge in [0.2, 0.25) is 17.7 Å². The van der Waals surface area contributed by atoms with E-state index in [2.05, 4.69) is 15.6 Å². The Morgan fingerprint density at radius 3 is 2.25 bits per heavy atom. The summed E-state index contributed by atoms with van der Waals surface area (Å²) in [5.41, 5.74) is 1.43. The Kier molecular flexibility index (Phi) is 9.81. The third-order valence-corrected chi connectivity index (χ3v) is 5.21. The van der Waals surface area contributed by atoms with Gasteiger partial charge in [0.25, 0.3) is 0 Å². The number of carbonyl (C=O) groups excluding carboxylic acids is 3. The van der Waals surface area contributed by atoms with Crippen molar-refractivity contribution < 1.29 is 23.9 Å². The molecule has 0 saturated carbocycles. The number of benzene rings is 2. The van der Waals surface area contributed by atoms with Crippen molar-refractivity contribution in [3.05, 3.63) is 78.5 Å². The van der Waals surface area contributed by atoms with Crippen molar-refractivity contribution >= 4 is 29.2 Å². The van der Waals surface area contributed by atoms with Gasteiger partial charge in [-0.2, -0.15) is 0 Å². The molecule has 1 aromatic heterocycles. The first-order valence-electron chi connectivity index (χ1n) is 11.6.